The van der Waals surface area contributed by atoms with Crippen LogP contribution in [0.3, 0.4) is 0 Å². The molecule has 0 bridgehead atoms. The lowest BCUT2D eigenvalue weighted by atomic mass is 10.2. The number of thiophene rings is 1. The van der Waals surface area contributed by atoms with Gasteiger partial charge >= 0.3 is 0 Å². The minimum absolute atomic E-state index is 0.180. The highest BCUT2D eigenvalue weighted by molar-refractivity contribution is 9.11. The van der Waals surface area contributed by atoms with Crippen LogP contribution in [-0.2, 0) is 6.42 Å². The molecule has 0 atom stereocenters. The van der Waals surface area contributed by atoms with Crippen LogP contribution in [0.2, 0.25) is 0 Å². The second-order valence-electron chi connectivity index (χ2n) is 3.58. The highest BCUT2D eigenvalue weighted by atomic mass is 79.9. The van der Waals surface area contributed by atoms with Crippen molar-refractivity contribution in [2.24, 2.45) is 0 Å². The molecule has 0 aliphatic rings. The fourth-order valence-electron chi connectivity index (χ4n) is 1.50. The number of rotatable bonds is 4. The first-order valence-electron chi connectivity index (χ1n) is 5.19. The van der Waals surface area contributed by atoms with Gasteiger partial charge in [0.05, 0.1) is 15.2 Å². The molecule has 0 spiro atoms. The fourth-order valence-corrected chi connectivity index (χ4v) is 2.98. The number of para-hydroxylation sites is 1. The third-order valence-corrected chi connectivity index (χ3v) is 4.05. The largest absolute Gasteiger partial charge is 0.395 e. The summed E-state index contributed by atoms with van der Waals surface area (Å²) < 4.78 is 14.3. The second kappa shape index (κ2) is 5.51. The van der Waals surface area contributed by atoms with Gasteiger partial charge in [-0.1, -0.05) is 6.07 Å². The third-order valence-electron chi connectivity index (χ3n) is 2.37. The maximum atomic E-state index is 13.2. The molecule has 2 rings (SSSR count). The molecule has 0 saturated carbocycles. The predicted molar refractivity (Wildman–Crippen MR) is 75.0 cm³/mol. The molecule has 0 radical (unpaired) electrons. The number of anilines is 2. The summed E-state index contributed by atoms with van der Waals surface area (Å²) in [5, 5.41) is 3.14. The summed E-state index contributed by atoms with van der Waals surface area (Å²) in [6.07, 6.45) is 0.895. The first-order chi connectivity index (χ1) is 8.16. The first kappa shape index (κ1) is 12.4. The molecule has 17 heavy (non-hydrogen) atoms. The quantitative estimate of drug-likeness (QED) is 0.840. The minimum Gasteiger partial charge on any atom is -0.395 e. The Morgan fingerprint density at radius 3 is 2.82 bits per heavy atom. The van der Waals surface area contributed by atoms with Crippen LogP contribution in [0.1, 0.15) is 4.88 Å². The monoisotopic (exact) mass is 314 g/mol. The maximum absolute atomic E-state index is 13.2. The van der Waals surface area contributed by atoms with Crippen molar-refractivity contribution < 1.29 is 4.39 Å². The van der Waals surface area contributed by atoms with Crippen molar-refractivity contribution in [3.63, 3.8) is 0 Å². The minimum atomic E-state index is -0.381. The van der Waals surface area contributed by atoms with Gasteiger partial charge in [0.25, 0.3) is 0 Å². The Morgan fingerprint density at radius 2 is 2.12 bits per heavy atom. The molecule has 0 unspecified atom stereocenters. The van der Waals surface area contributed by atoms with Crippen LogP contribution in [0, 0.1) is 5.82 Å². The van der Waals surface area contributed by atoms with Gasteiger partial charge in [0.1, 0.15) is 5.82 Å². The van der Waals surface area contributed by atoms with E-state index in [-0.39, 0.29) is 11.5 Å². The molecule has 5 heteroatoms. The Balaban J connectivity index is 1.92. The third kappa shape index (κ3) is 3.20. The molecule has 3 N–H and O–H groups in total. The summed E-state index contributed by atoms with van der Waals surface area (Å²) >= 11 is 5.12. The molecule has 90 valence electrons. The van der Waals surface area contributed by atoms with E-state index in [9.17, 15) is 4.39 Å². The van der Waals surface area contributed by atoms with Crippen LogP contribution in [-0.4, -0.2) is 6.54 Å². The molecular weight excluding hydrogens is 303 g/mol. The van der Waals surface area contributed by atoms with Crippen molar-refractivity contribution in [1.29, 1.82) is 0 Å². The van der Waals surface area contributed by atoms with Gasteiger partial charge < -0.3 is 11.1 Å². The van der Waals surface area contributed by atoms with Gasteiger partial charge in [-0.15, -0.1) is 11.3 Å². The van der Waals surface area contributed by atoms with E-state index in [1.54, 1.807) is 23.5 Å². The van der Waals surface area contributed by atoms with E-state index >= 15 is 0 Å². The molecule has 2 nitrogen and oxygen atoms in total. The molecule has 0 aliphatic heterocycles. The van der Waals surface area contributed by atoms with Gasteiger partial charge in [-0.05, 0) is 46.6 Å². The zero-order valence-electron chi connectivity index (χ0n) is 9.04. The molecular formula is C12H12BrFN2S. The van der Waals surface area contributed by atoms with Gasteiger partial charge in [-0.2, -0.15) is 0 Å². The lowest BCUT2D eigenvalue weighted by Gasteiger charge is -2.08. The van der Waals surface area contributed by atoms with E-state index in [1.807, 2.05) is 6.07 Å². The Kier molecular flexibility index (Phi) is 4.02. The van der Waals surface area contributed by atoms with Gasteiger partial charge in [0.15, 0.2) is 0 Å². The normalized spacial score (nSPS) is 10.5. The summed E-state index contributed by atoms with van der Waals surface area (Å²) in [4.78, 5) is 1.28. The zero-order valence-corrected chi connectivity index (χ0v) is 11.4. The summed E-state index contributed by atoms with van der Waals surface area (Å²) in [5.41, 5.74) is 6.46. The number of nitrogens with one attached hydrogen (secondary N) is 1. The van der Waals surface area contributed by atoms with Gasteiger partial charge in [0, 0.05) is 11.4 Å². The van der Waals surface area contributed by atoms with E-state index in [1.165, 1.54) is 10.9 Å². The average molecular weight is 315 g/mol. The van der Waals surface area contributed by atoms with Crippen molar-refractivity contribution >= 4 is 38.6 Å². The Morgan fingerprint density at radius 1 is 1.29 bits per heavy atom. The van der Waals surface area contributed by atoms with Crippen molar-refractivity contribution in [3.05, 3.63) is 44.8 Å². The zero-order chi connectivity index (χ0) is 12.3. The average Bonchev–Trinajstić information content (AvgIpc) is 2.70. The molecule has 0 saturated heterocycles. The van der Waals surface area contributed by atoms with Crippen LogP contribution in [0.5, 0.6) is 0 Å². The van der Waals surface area contributed by atoms with Crippen molar-refractivity contribution in [3.8, 4) is 0 Å². The lowest BCUT2D eigenvalue weighted by molar-refractivity contribution is 0.633. The molecule has 0 fully saturated rings. The lowest BCUT2D eigenvalue weighted by Crippen LogP contribution is -2.07. The van der Waals surface area contributed by atoms with E-state index in [2.05, 4.69) is 27.3 Å². The van der Waals surface area contributed by atoms with Gasteiger partial charge in [0.2, 0.25) is 0 Å². The smallest absolute Gasteiger partial charge is 0.148 e. The highest BCUT2D eigenvalue weighted by Gasteiger charge is 2.03. The van der Waals surface area contributed by atoms with Crippen LogP contribution in [0.4, 0.5) is 15.8 Å². The van der Waals surface area contributed by atoms with Crippen LogP contribution in [0.25, 0.3) is 0 Å². The molecule has 1 heterocycles. The molecule has 0 aliphatic carbocycles. The summed E-state index contributed by atoms with van der Waals surface area (Å²) in [6, 6.07) is 8.89. The number of hydrogen-bond acceptors (Lipinski definition) is 3. The van der Waals surface area contributed by atoms with E-state index in [0.717, 1.165) is 16.8 Å². The van der Waals surface area contributed by atoms with Crippen molar-refractivity contribution in [2.75, 3.05) is 17.6 Å². The maximum Gasteiger partial charge on any atom is 0.148 e. The summed E-state index contributed by atoms with van der Waals surface area (Å²) in [6.45, 7) is 0.737. The fraction of sp³-hybridized carbons (Fsp3) is 0.167. The second-order valence-corrected chi connectivity index (χ2v) is 6.13. The topological polar surface area (TPSA) is 38.0 Å². The number of nitrogens with two attached hydrogens (primary N) is 1. The molecule has 1 aromatic heterocycles. The highest BCUT2D eigenvalue weighted by Crippen LogP contribution is 2.24. The first-order valence-corrected chi connectivity index (χ1v) is 6.80. The molecule has 1 aromatic carbocycles. The summed E-state index contributed by atoms with van der Waals surface area (Å²) in [5.74, 6) is -0.381. The number of benzene rings is 1. The molecule has 2 aromatic rings. The SMILES string of the molecule is Nc1c(F)cccc1NCCc1ccc(Br)s1. The van der Waals surface area contributed by atoms with E-state index < -0.39 is 0 Å². The Labute approximate surface area is 112 Å². The van der Waals surface area contributed by atoms with Gasteiger partial charge in [-0.3, -0.25) is 0 Å². The van der Waals surface area contributed by atoms with Crippen LogP contribution >= 0.6 is 27.3 Å². The van der Waals surface area contributed by atoms with E-state index in [4.69, 9.17) is 5.73 Å². The number of nitrogen functional groups attached to an aromatic ring is 1. The van der Waals surface area contributed by atoms with Crippen LogP contribution < -0.4 is 11.1 Å². The standard InChI is InChI=1S/C12H12BrFN2S/c13-11-5-4-8(17-11)6-7-16-10-3-1-2-9(14)12(10)15/h1-5,16H,6-7,15H2. The Bertz CT molecular complexity index is 513. The van der Waals surface area contributed by atoms with Gasteiger partial charge in [-0.25, -0.2) is 4.39 Å². The summed E-state index contributed by atoms with van der Waals surface area (Å²) in [7, 11) is 0. The van der Waals surface area contributed by atoms with Crippen molar-refractivity contribution in [2.45, 2.75) is 6.42 Å². The predicted octanol–water partition coefficient (Wildman–Crippen LogP) is 3.89. The number of halogens is 2. The number of hydrogen-bond donors (Lipinski definition) is 2. The van der Waals surface area contributed by atoms with E-state index in [0.29, 0.717) is 5.69 Å². The van der Waals surface area contributed by atoms with Crippen molar-refractivity contribution in [1.82, 2.24) is 0 Å². The molecule has 0 amide bonds. The van der Waals surface area contributed by atoms with Crippen LogP contribution in [0.15, 0.2) is 34.1 Å². The Hall–Kier alpha value is -1.07.